The quantitative estimate of drug-likeness (QED) is 0.605. The first kappa shape index (κ1) is 17.5. The van der Waals surface area contributed by atoms with Gasteiger partial charge in [0.15, 0.2) is 12.4 Å². The third-order valence-corrected chi connectivity index (χ3v) is 3.48. The summed E-state index contributed by atoms with van der Waals surface area (Å²) in [6, 6.07) is 14.8. The first-order valence-electron chi connectivity index (χ1n) is 7.68. The summed E-state index contributed by atoms with van der Waals surface area (Å²) in [6.45, 7) is 1.97. The summed E-state index contributed by atoms with van der Waals surface area (Å²) in [5, 5.41) is 0. The number of hydrogen-bond acceptors (Lipinski definition) is 3. The van der Waals surface area contributed by atoms with E-state index in [2.05, 4.69) is 0 Å². The molecule has 0 fully saturated rings. The molecule has 2 aromatic carbocycles. The summed E-state index contributed by atoms with van der Waals surface area (Å²) in [6.07, 6.45) is 3.32. The van der Waals surface area contributed by atoms with E-state index in [4.69, 9.17) is 4.74 Å². The van der Waals surface area contributed by atoms with Crippen molar-refractivity contribution in [3.8, 4) is 5.75 Å². The van der Waals surface area contributed by atoms with Crippen LogP contribution in [0.2, 0.25) is 0 Å². The van der Waals surface area contributed by atoms with Crippen LogP contribution in [0.3, 0.4) is 0 Å². The van der Waals surface area contributed by atoms with Crippen molar-refractivity contribution in [2.75, 3.05) is 20.7 Å². The lowest BCUT2D eigenvalue weighted by Gasteiger charge is -2.11. The number of ether oxygens (including phenoxy) is 1. The van der Waals surface area contributed by atoms with Crippen LogP contribution in [0.15, 0.2) is 54.6 Å². The van der Waals surface area contributed by atoms with Crippen LogP contribution in [0.25, 0.3) is 6.08 Å². The minimum Gasteiger partial charge on any atom is -0.484 e. The summed E-state index contributed by atoms with van der Waals surface area (Å²) in [7, 11) is 3.34. The minimum atomic E-state index is -0.133. The molecule has 0 unspecified atom stereocenters. The highest BCUT2D eigenvalue weighted by Gasteiger charge is 2.07. The van der Waals surface area contributed by atoms with Crippen LogP contribution in [0, 0.1) is 6.92 Å². The van der Waals surface area contributed by atoms with E-state index >= 15 is 0 Å². The van der Waals surface area contributed by atoms with Crippen molar-refractivity contribution < 1.29 is 14.3 Å². The van der Waals surface area contributed by atoms with Crippen LogP contribution < -0.4 is 4.74 Å². The van der Waals surface area contributed by atoms with Crippen LogP contribution >= 0.6 is 0 Å². The minimum absolute atomic E-state index is 0.0517. The van der Waals surface area contributed by atoms with Gasteiger partial charge in [0, 0.05) is 19.7 Å². The normalized spacial score (nSPS) is 10.6. The molecular weight excluding hydrogens is 302 g/mol. The second-order valence-electron chi connectivity index (χ2n) is 5.71. The Bertz CT molecular complexity index is 746. The molecule has 2 rings (SSSR count). The Balaban J connectivity index is 2.03. The molecular formula is C20H21NO3. The van der Waals surface area contributed by atoms with E-state index in [1.165, 1.54) is 16.5 Å². The molecule has 0 aromatic heterocycles. The summed E-state index contributed by atoms with van der Waals surface area (Å²) in [5.41, 5.74) is 2.67. The highest BCUT2D eigenvalue weighted by molar-refractivity contribution is 6.07. The first-order valence-corrected chi connectivity index (χ1v) is 7.68. The summed E-state index contributed by atoms with van der Waals surface area (Å²) < 4.78 is 5.43. The average molecular weight is 323 g/mol. The van der Waals surface area contributed by atoms with Gasteiger partial charge in [-0.25, -0.2) is 0 Å². The van der Waals surface area contributed by atoms with Crippen LogP contribution in [0.1, 0.15) is 21.5 Å². The van der Waals surface area contributed by atoms with Crippen molar-refractivity contribution in [2.24, 2.45) is 0 Å². The predicted octanol–water partition coefficient (Wildman–Crippen LogP) is 3.36. The van der Waals surface area contributed by atoms with Crippen molar-refractivity contribution in [1.82, 2.24) is 4.90 Å². The van der Waals surface area contributed by atoms with E-state index < -0.39 is 0 Å². The average Bonchev–Trinajstić information content (AvgIpc) is 2.59. The molecule has 0 aliphatic rings. The summed E-state index contributed by atoms with van der Waals surface area (Å²) >= 11 is 0. The maximum absolute atomic E-state index is 12.3. The van der Waals surface area contributed by atoms with Gasteiger partial charge in [0.2, 0.25) is 0 Å². The number of carbonyl (C=O) groups is 2. The molecule has 0 saturated carbocycles. The van der Waals surface area contributed by atoms with Gasteiger partial charge in [-0.1, -0.05) is 48.0 Å². The standard InChI is InChI=1S/C20H21NO3/c1-15-7-9-16(10-8-15)11-12-19(22)17-5-4-6-18(13-17)24-14-20(23)21(2)3/h4-13H,14H2,1-3H3. The fourth-order valence-corrected chi connectivity index (χ4v) is 1.96. The van der Waals surface area contributed by atoms with Crippen LogP contribution in [-0.2, 0) is 4.79 Å². The number of likely N-dealkylation sites (N-methyl/N-ethyl adjacent to an activating group) is 1. The van der Waals surface area contributed by atoms with Gasteiger partial charge in [-0.3, -0.25) is 9.59 Å². The predicted molar refractivity (Wildman–Crippen MR) is 95.2 cm³/mol. The third-order valence-electron chi connectivity index (χ3n) is 3.48. The van der Waals surface area contributed by atoms with Crippen molar-refractivity contribution in [3.63, 3.8) is 0 Å². The molecule has 0 bridgehead atoms. The largest absolute Gasteiger partial charge is 0.484 e. The van der Waals surface area contributed by atoms with Gasteiger partial charge in [0.05, 0.1) is 0 Å². The number of rotatable bonds is 6. The number of benzene rings is 2. The van der Waals surface area contributed by atoms with E-state index in [-0.39, 0.29) is 18.3 Å². The Morgan fingerprint density at radius 2 is 1.79 bits per heavy atom. The summed E-state index contributed by atoms with van der Waals surface area (Å²) in [5.74, 6) is 0.255. The van der Waals surface area contributed by atoms with Gasteiger partial charge in [0.1, 0.15) is 5.75 Å². The van der Waals surface area contributed by atoms with Crippen molar-refractivity contribution in [3.05, 3.63) is 71.3 Å². The number of hydrogen-bond donors (Lipinski definition) is 0. The number of ketones is 1. The molecule has 0 heterocycles. The highest BCUT2D eigenvalue weighted by Crippen LogP contribution is 2.15. The van der Waals surface area contributed by atoms with Crippen molar-refractivity contribution in [1.29, 1.82) is 0 Å². The van der Waals surface area contributed by atoms with Gasteiger partial charge < -0.3 is 9.64 Å². The van der Waals surface area contributed by atoms with E-state index in [0.717, 1.165) is 5.56 Å². The monoisotopic (exact) mass is 323 g/mol. The Kier molecular flexibility index (Phi) is 5.90. The molecule has 24 heavy (non-hydrogen) atoms. The zero-order chi connectivity index (χ0) is 17.5. The molecule has 4 nitrogen and oxygen atoms in total. The topological polar surface area (TPSA) is 46.6 Å². The number of nitrogens with zero attached hydrogens (tertiary/aromatic N) is 1. The zero-order valence-electron chi connectivity index (χ0n) is 14.2. The SMILES string of the molecule is Cc1ccc(C=CC(=O)c2cccc(OCC(=O)N(C)C)c2)cc1. The molecule has 4 heteroatoms. The molecule has 0 atom stereocenters. The van der Waals surface area contributed by atoms with Gasteiger partial charge in [0.25, 0.3) is 5.91 Å². The molecule has 0 aliphatic heterocycles. The van der Waals surface area contributed by atoms with Crippen molar-refractivity contribution >= 4 is 17.8 Å². The number of carbonyl (C=O) groups excluding carboxylic acids is 2. The molecule has 0 spiro atoms. The Morgan fingerprint density at radius 1 is 1.08 bits per heavy atom. The maximum Gasteiger partial charge on any atom is 0.259 e. The Hall–Kier alpha value is -2.88. The molecule has 0 N–H and O–H groups in total. The number of amides is 1. The molecule has 0 radical (unpaired) electrons. The zero-order valence-corrected chi connectivity index (χ0v) is 14.2. The fourth-order valence-electron chi connectivity index (χ4n) is 1.96. The van der Waals surface area contributed by atoms with Gasteiger partial charge >= 0.3 is 0 Å². The number of aryl methyl sites for hydroxylation is 1. The number of allylic oxidation sites excluding steroid dienone is 1. The maximum atomic E-state index is 12.3. The van der Waals surface area contributed by atoms with Crippen LogP contribution in [-0.4, -0.2) is 37.3 Å². The van der Waals surface area contributed by atoms with E-state index in [0.29, 0.717) is 11.3 Å². The molecule has 1 amide bonds. The second kappa shape index (κ2) is 8.11. The smallest absolute Gasteiger partial charge is 0.259 e. The first-order chi connectivity index (χ1) is 11.5. The van der Waals surface area contributed by atoms with Crippen molar-refractivity contribution in [2.45, 2.75) is 6.92 Å². The van der Waals surface area contributed by atoms with Crippen LogP contribution in [0.4, 0.5) is 0 Å². The molecule has 0 saturated heterocycles. The lowest BCUT2D eigenvalue weighted by atomic mass is 10.1. The van der Waals surface area contributed by atoms with Gasteiger partial charge in [-0.2, -0.15) is 0 Å². The van der Waals surface area contributed by atoms with Gasteiger partial charge in [-0.05, 0) is 30.7 Å². The van der Waals surface area contributed by atoms with Crippen LogP contribution in [0.5, 0.6) is 5.75 Å². The lowest BCUT2D eigenvalue weighted by Crippen LogP contribution is -2.27. The molecule has 0 aliphatic carbocycles. The van der Waals surface area contributed by atoms with E-state index in [9.17, 15) is 9.59 Å². The summed E-state index contributed by atoms with van der Waals surface area (Å²) in [4.78, 5) is 25.3. The van der Waals surface area contributed by atoms with E-state index in [1.807, 2.05) is 31.2 Å². The second-order valence-corrected chi connectivity index (χ2v) is 5.71. The molecule has 2 aromatic rings. The lowest BCUT2D eigenvalue weighted by molar-refractivity contribution is -0.130. The third kappa shape index (κ3) is 5.09. The fraction of sp³-hybridized carbons (Fsp3) is 0.200. The Morgan fingerprint density at radius 3 is 2.46 bits per heavy atom. The Labute approximate surface area is 142 Å². The van der Waals surface area contributed by atoms with Gasteiger partial charge in [-0.15, -0.1) is 0 Å². The van der Waals surface area contributed by atoms with E-state index in [1.54, 1.807) is 44.4 Å². The highest BCUT2D eigenvalue weighted by atomic mass is 16.5. The molecule has 124 valence electrons.